The summed E-state index contributed by atoms with van der Waals surface area (Å²) in [6.45, 7) is -0.756. The molecule has 0 atom stereocenters. The second-order valence-electron chi connectivity index (χ2n) is 6.47. The van der Waals surface area contributed by atoms with Crippen LogP contribution in [0.5, 0.6) is 5.75 Å². The van der Waals surface area contributed by atoms with E-state index in [0.717, 1.165) is 19.2 Å². The van der Waals surface area contributed by atoms with Crippen molar-refractivity contribution in [1.82, 2.24) is 4.90 Å². The van der Waals surface area contributed by atoms with Crippen LogP contribution in [0.1, 0.15) is 21.5 Å². The Labute approximate surface area is 186 Å². The maximum atomic E-state index is 13.3. The highest BCUT2D eigenvalue weighted by molar-refractivity contribution is 6.31. The third kappa shape index (κ3) is 6.75. The number of nitrogens with zero attached hydrogens (tertiary/aromatic N) is 1. The first-order valence-corrected chi connectivity index (χ1v) is 9.01. The molecule has 0 fully saturated rings. The summed E-state index contributed by atoms with van der Waals surface area (Å²) in [4.78, 5) is 36.0. The highest BCUT2D eigenvalue weighted by atomic mass is 35.5. The summed E-state index contributed by atoms with van der Waals surface area (Å²) in [6.07, 6.45) is -11.5. The number of nitrogens with one attached hydrogen (secondary N) is 1. The van der Waals surface area contributed by atoms with E-state index in [4.69, 9.17) is 21.4 Å². The van der Waals surface area contributed by atoms with E-state index in [2.05, 4.69) is 0 Å². The first-order valence-electron chi connectivity index (χ1n) is 8.63. The normalized spacial score (nSPS) is 11.6. The standard InChI is InChI=1S/C19H13ClF6N2O5/c1-28(8-15(29)30)17(32)33-14-5-3-10(20)7-11(14)16(31)27-13-4-2-9(18(21,22)23)6-12(13)19(24,25)26/h2-7H,8H2,1H3,(H,27,31)(H,29,30). The largest absolute Gasteiger partial charge is 0.480 e. The third-order valence-corrected chi connectivity index (χ3v) is 4.20. The van der Waals surface area contributed by atoms with Gasteiger partial charge in [-0.05, 0) is 36.4 Å². The molecule has 0 aliphatic rings. The van der Waals surface area contributed by atoms with Gasteiger partial charge in [-0.3, -0.25) is 14.5 Å². The molecule has 0 saturated carbocycles. The van der Waals surface area contributed by atoms with Crippen LogP contribution in [0.25, 0.3) is 0 Å². The van der Waals surface area contributed by atoms with Crippen LogP contribution in [0.3, 0.4) is 0 Å². The van der Waals surface area contributed by atoms with Crippen molar-refractivity contribution in [2.45, 2.75) is 12.4 Å². The van der Waals surface area contributed by atoms with Crippen molar-refractivity contribution >= 4 is 35.3 Å². The van der Waals surface area contributed by atoms with Gasteiger partial charge in [-0.15, -0.1) is 0 Å². The van der Waals surface area contributed by atoms with Crippen LogP contribution < -0.4 is 10.1 Å². The van der Waals surface area contributed by atoms with Gasteiger partial charge in [0.05, 0.1) is 22.4 Å². The number of amides is 2. The summed E-state index contributed by atoms with van der Waals surface area (Å²) in [7, 11) is 1.07. The second-order valence-corrected chi connectivity index (χ2v) is 6.90. The van der Waals surface area contributed by atoms with Crippen LogP contribution >= 0.6 is 11.6 Å². The Morgan fingerprint density at radius 3 is 2.21 bits per heavy atom. The zero-order valence-corrected chi connectivity index (χ0v) is 17.1. The summed E-state index contributed by atoms with van der Waals surface area (Å²) in [5.41, 5.74) is -4.85. The average Bonchev–Trinajstić information content (AvgIpc) is 2.67. The molecule has 0 aliphatic heterocycles. The number of carboxylic acids is 1. The molecule has 2 N–H and O–H groups in total. The van der Waals surface area contributed by atoms with Gasteiger partial charge in [-0.25, -0.2) is 4.79 Å². The number of ether oxygens (including phenoxy) is 1. The number of hydrogen-bond acceptors (Lipinski definition) is 4. The molecule has 0 saturated heterocycles. The van der Waals surface area contributed by atoms with Gasteiger partial charge in [0.15, 0.2) is 0 Å². The lowest BCUT2D eigenvalue weighted by Gasteiger charge is -2.18. The van der Waals surface area contributed by atoms with Gasteiger partial charge in [-0.2, -0.15) is 26.3 Å². The number of halogens is 7. The highest BCUT2D eigenvalue weighted by Gasteiger charge is 2.38. The van der Waals surface area contributed by atoms with Gasteiger partial charge in [0.1, 0.15) is 12.3 Å². The Morgan fingerprint density at radius 1 is 1.03 bits per heavy atom. The fraction of sp³-hybridized carbons (Fsp3) is 0.211. The van der Waals surface area contributed by atoms with Crippen molar-refractivity contribution in [2.75, 3.05) is 18.9 Å². The fourth-order valence-electron chi connectivity index (χ4n) is 2.46. The van der Waals surface area contributed by atoms with Gasteiger partial charge in [-0.1, -0.05) is 11.6 Å². The van der Waals surface area contributed by atoms with Gasteiger partial charge in [0, 0.05) is 12.1 Å². The number of rotatable bonds is 5. The Kier molecular flexibility index (Phi) is 7.47. The number of anilines is 1. The topological polar surface area (TPSA) is 95.9 Å². The molecular formula is C19H13ClF6N2O5. The summed E-state index contributed by atoms with van der Waals surface area (Å²) < 4.78 is 83.3. The van der Waals surface area contributed by atoms with E-state index < -0.39 is 65.0 Å². The molecule has 14 heteroatoms. The zero-order valence-electron chi connectivity index (χ0n) is 16.3. The lowest BCUT2D eigenvalue weighted by atomic mass is 10.1. The summed E-state index contributed by atoms with van der Waals surface area (Å²) in [6, 6.07) is 3.77. The van der Waals surface area contributed by atoms with Crippen molar-refractivity contribution in [3.63, 3.8) is 0 Å². The molecule has 2 aromatic carbocycles. The van der Waals surface area contributed by atoms with E-state index in [0.29, 0.717) is 17.0 Å². The van der Waals surface area contributed by atoms with Crippen LogP contribution in [0.2, 0.25) is 5.02 Å². The van der Waals surface area contributed by atoms with Crippen molar-refractivity contribution in [1.29, 1.82) is 0 Å². The van der Waals surface area contributed by atoms with E-state index in [1.165, 1.54) is 6.07 Å². The van der Waals surface area contributed by atoms with Gasteiger partial charge < -0.3 is 15.2 Å². The first kappa shape index (κ1) is 25.8. The number of benzene rings is 2. The third-order valence-electron chi connectivity index (χ3n) is 3.97. The van der Waals surface area contributed by atoms with Crippen LogP contribution in [0.4, 0.5) is 36.8 Å². The molecule has 0 spiro atoms. The maximum absolute atomic E-state index is 13.3. The lowest BCUT2D eigenvalue weighted by molar-refractivity contribution is -0.142. The second kappa shape index (κ2) is 9.57. The van der Waals surface area contributed by atoms with Gasteiger partial charge in [0.25, 0.3) is 5.91 Å². The minimum absolute atomic E-state index is 0.0812. The number of hydrogen-bond donors (Lipinski definition) is 2. The van der Waals surface area contributed by atoms with E-state index in [9.17, 15) is 40.7 Å². The molecule has 0 aromatic heterocycles. The Balaban J connectivity index is 2.40. The number of alkyl halides is 6. The minimum atomic E-state index is -5.24. The molecule has 2 amide bonds. The molecule has 33 heavy (non-hydrogen) atoms. The summed E-state index contributed by atoms with van der Waals surface area (Å²) in [5.74, 6) is -3.14. The number of carbonyl (C=O) groups is 3. The molecule has 0 aliphatic carbocycles. The molecule has 0 radical (unpaired) electrons. The van der Waals surface area contributed by atoms with E-state index in [1.807, 2.05) is 5.32 Å². The van der Waals surface area contributed by atoms with Crippen LogP contribution in [-0.4, -0.2) is 41.6 Å². The average molecular weight is 499 g/mol. The van der Waals surface area contributed by atoms with Gasteiger partial charge in [0.2, 0.25) is 0 Å². The number of likely N-dealkylation sites (N-methyl/N-ethyl adjacent to an activating group) is 1. The molecular weight excluding hydrogens is 486 g/mol. The summed E-state index contributed by atoms with van der Waals surface area (Å²) in [5, 5.41) is 10.5. The first-order chi connectivity index (χ1) is 15.1. The monoisotopic (exact) mass is 498 g/mol. The SMILES string of the molecule is CN(CC(=O)O)C(=O)Oc1ccc(Cl)cc1C(=O)Nc1ccc(C(F)(F)F)cc1C(F)(F)F. The van der Waals surface area contributed by atoms with E-state index in [1.54, 1.807) is 0 Å². The smallest absolute Gasteiger partial charge is 0.418 e. The molecule has 0 unspecified atom stereocenters. The molecule has 0 heterocycles. The van der Waals surface area contributed by atoms with Gasteiger partial charge >= 0.3 is 24.4 Å². The van der Waals surface area contributed by atoms with Crippen molar-refractivity contribution < 1.29 is 50.6 Å². The molecule has 2 rings (SSSR count). The molecule has 0 bridgehead atoms. The highest BCUT2D eigenvalue weighted by Crippen LogP contribution is 2.39. The van der Waals surface area contributed by atoms with Crippen molar-refractivity contribution in [2.24, 2.45) is 0 Å². The summed E-state index contributed by atoms with van der Waals surface area (Å²) >= 11 is 5.79. The van der Waals surface area contributed by atoms with Crippen LogP contribution in [0, 0.1) is 0 Å². The number of carbonyl (C=O) groups excluding carboxylic acids is 2. The zero-order chi connectivity index (χ0) is 25.1. The van der Waals surface area contributed by atoms with E-state index in [-0.39, 0.29) is 11.1 Å². The van der Waals surface area contributed by atoms with Crippen LogP contribution in [-0.2, 0) is 17.1 Å². The Hall–Kier alpha value is -3.48. The number of carboxylic acid groups (broad SMARTS) is 1. The Morgan fingerprint density at radius 2 is 1.67 bits per heavy atom. The molecule has 2 aromatic rings. The van der Waals surface area contributed by atoms with Crippen molar-refractivity contribution in [3.05, 3.63) is 58.1 Å². The predicted molar refractivity (Wildman–Crippen MR) is 102 cm³/mol. The number of aliphatic carboxylic acids is 1. The van der Waals surface area contributed by atoms with Crippen LogP contribution in [0.15, 0.2) is 36.4 Å². The van der Waals surface area contributed by atoms with E-state index >= 15 is 0 Å². The maximum Gasteiger partial charge on any atom is 0.418 e. The van der Waals surface area contributed by atoms with Crippen molar-refractivity contribution in [3.8, 4) is 5.75 Å². The predicted octanol–water partition coefficient (Wildman–Crippen LogP) is 5.15. The molecule has 7 nitrogen and oxygen atoms in total. The lowest BCUT2D eigenvalue weighted by Crippen LogP contribution is -2.34. The molecule has 178 valence electrons. The Bertz CT molecular complexity index is 1090. The fourth-order valence-corrected chi connectivity index (χ4v) is 2.63. The minimum Gasteiger partial charge on any atom is -0.480 e. The quantitative estimate of drug-likeness (QED) is 0.556.